The number of hydrogen-bond acceptors (Lipinski definition) is 4. The molecule has 18 heavy (non-hydrogen) atoms. The van der Waals surface area contributed by atoms with Gasteiger partial charge >= 0.3 is 24.0 Å². The van der Waals surface area contributed by atoms with Crippen molar-refractivity contribution in [2.24, 2.45) is 5.92 Å². The molecule has 0 saturated carbocycles. The van der Waals surface area contributed by atoms with Crippen LogP contribution in [0.3, 0.4) is 0 Å². The SMILES string of the molecule is CC(C)C(=O)OCCOC(=O)C(F)(F)C(F)(F)F. The van der Waals surface area contributed by atoms with Crippen molar-refractivity contribution in [1.82, 2.24) is 0 Å². The molecule has 4 nitrogen and oxygen atoms in total. The van der Waals surface area contributed by atoms with E-state index in [2.05, 4.69) is 9.47 Å². The highest BCUT2D eigenvalue weighted by atomic mass is 19.4. The normalized spacial score (nSPS) is 12.4. The molecule has 0 spiro atoms. The lowest BCUT2D eigenvalue weighted by atomic mass is 10.2. The van der Waals surface area contributed by atoms with Crippen LogP contribution in [0.2, 0.25) is 0 Å². The summed E-state index contributed by atoms with van der Waals surface area (Å²) in [5, 5.41) is 0. The van der Waals surface area contributed by atoms with Crippen LogP contribution in [0.15, 0.2) is 0 Å². The lowest BCUT2D eigenvalue weighted by molar-refractivity contribution is -0.280. The van der Waals surface area contributed by atoms with E-state index in [9.17, 15) is 31.5 Å². The summed E-state index contributed by atoms with van der Waals surface area (Å²) in [7, 11) is 0. The summed E-state index contributed by atoms with van der Waals surface area (Å²) in [4.78, 5) is 21.3. The summed E-state index contributed by atoms with van der Waals surface area (Å²) in [6.45, 7) is 1.53. The number of esters is 2. The Hall–Kier alpha value is -1.41. The smallest absolute Gasteiger partial charge is 0.462 e. The first-order valence-electron chi connectivity index (χ1n) is 4.78. The molecule has 0 fully saturated rings. The van der Waals surface area contributed by atoms with E-state index in [1.807, 2.05) is 0 Å². The Morgan fingerprint density at radius 1 is 1.00 bits per heavy atom. The number of ether oxygens (including phenoxy) is 2. The van der Waals surface area contributed by atoms with E-state index in [0.29, 0.717) is 0 Å². The summed E-state index contributed by atoms with van der Waals surface area (Å²) in [6, 6.07) is 0. The quantitative estimate of drug-likeness (QED) is 0.438. The second-order valence-corrected chi connectivity index (χ2v) is 3.53. The molecule has 0 heterocycles. The van der Waals surface area contributed by atoms with Gasteiger partial charge in [0, 0.05) is 0 Å². The fourth-order valence-corrected chi connectivity index (χ4v) is 0.650. The van der Waals surface area contributed by atoms with E-state index in [1.54, 1.807) is 0 Å². The van der Waals surface area contributed by atoms with Crippen LogP contribution in [0.25, 0.3) is 0 Å². The van der Waals surface area contributed by atoms with E-state index in [-0.39, 0.29) is 0 Å². The van der Waals surface area contributed by atoms with Crippen molar-refractivity contribution in [2.75, 3.05) is 13.2 Å². The van der Waals surface area contributed by atoms with Crippen molar-refractivity contribution < 1.29 is 41.0 Å². The minimum Gasteiger partial charge on any atom is -0.462 e. The second-order valence-electron chi connectivity index (χ2n) is 3.53. The zero-order valence-electron chi connectivity index (χ0n) is 9.51. The highest BCUT2D eigenvalue weighted by Crippen LogP contribution is 2.36. The van der Waals surface area contributed by atoms with Gasteiger partial charge < -0.3 is 9.47 Å². The molecule has 0 amide bonds. The molecule has 0 aromatic heterocycles. The minimum atomic E-state index is -6.02. The van der Waals surface area contributed by atoms with E-state index >= 15 is 0 Å². The van der Waals surface area contributed by atoms with E-state index in [1.165, 1.54) is 13.8 Å². The minimum absolute atomic E-state index is 0.489. The van der Waals surface area contributed by atoms with Crippen LogP contribution in [0, 0.1) is 5.92 Å². The van der Waals surface area contributed by atoms with Crippen molar-refractivity contribution >= 4 is 11.9 Å². The number of halogens is 5. The number of hydrogen-bond donors (Lipinski definition) is 0. The molecule has 0 atom stereocenters. The standard InChI is InChI=1S/C9H11F5O4/c1-5(2)6(15)17-3-4-18-7(16)8(10,11)9(12,13)14/h5H,3-4H2,1-2H3. The largest absolute Gasteiger partial charge is 0.465 e. The van der Waals surface area contributed by atoms with Crippen LogP contribution in [0.5, 0.6) is 0 Å². The highest BCUT2D eigenvalue weighted by Gasteiger charge is 2.64. The molecule has 0 unspecified atom stereocenters. The zero-order chi connectivity index (χ0) is 14.6. The first kappa shape index (κ1) is 16.6. The Balaban J connectivity index is 4.10. The fourth-order valence-electron chi connectivity index (χ4n) is 0.650. The Kier molecular flexibility index (Phi) is 5.50. The van der Waals surface area contributed by atoms with Gasteiger partial charge in [0.15, 0.2) is 0 Å². The molecule has 0 aromatic carbocycles. The van der Waals surface area contributed by atoms with Gasteiger partial charge in [-0.05, 0) is 0 Å². The van der Waals surface area contributed by atoms with Gasteiger partial charge in [0.05, 0.1) is 5.92 Å². The van der Waals surface area contributed by atoms with Gasteiger partial charge in [0.25, 0.3) is 0 Å². The van der Waals surface area contributed by atoms with Gasteiger partial charge in [-0.3, -0.25) is 4.79 Å². The topological polar surface area (TPSA) is 52.6 Å². The molecule has 0 bridgehead atoms. The summed E-state index contributed by atoms with van der Waals surface area (Å²) in [5.74, 6) is -9.48. The van der Waals surface area contributed by atoms with Crippen molar-refractivity contribution in [2.45, 2.75) is 25.9 Å². The lowest BCUT2D eigenvalue weighted by Gasteiger charge is -2.17. The van der Waals surface area contributed by atoms with Gasteiger partial charge in [0.1, 0.15) is 13.2 Å². The number of alkyl halides is 5. The van der Waals surface area contributed by atoms with E-state index in [4.69, 9.17) is 0 Å². The molecule has 0 rings (SSSR count). The fraction of sp³-hybridized carbons (Fsp3) is 0.778. The van der Waals surface area contributed by atoms with Crippen LogP contribution in [0.4, 0.5) is 22.0 Å². The summed E-state index contributed by atoms with van der Waals surface area (Å²) < 4.78 is 67.8. The first-order chi connectivity index (χ1) is 8.00. The Morgan fingerprint density at radius 2 is 1.44 bits per heavy atom. The molecule has 0 aliphatic heterocycles. The summed E-state index contributed by atoms with van der Waals surface area (Å²) in [5.41, 5.74) is 0. The molecule has 0 radical (unpaired) electrons. The number of carbonyl (C=O) groups excluding carboxylic acids is 2. The van der Waals surface area contributed by atoms with Gasteiger partial charge in [-0.1, -0.05) is 13.8 Å². The monoisotopic (exact) mass is 278 g/mol. The van der Waals surface area contributed by atoms with Crippen molar-refractivity contribution in [3.63, 3.8) is 0 Å². The summed E-state index contributed by atoms with van der Waals surface area (Å²) >= 11 is 0. The van der Waals surface area contributed by atoms with Crippen LogP contribution in [-0.4, -0.2) is 37.3 Å². The average molecular weight is 278 g/mol. The molecular formula is C9H11F5O4. The molecule has 106 valence electrons. The lowest BCUT2D eigenvalue weighted by Crippen LogP contribution is -2.45. The molecule has 0 aliphatic rings. The van der Waals surface area contributed by atoms with Gasteiger partial charge in [-0.25, -0.2) is 4.79 Å². The molecular weight excluding hydrogens is 267 g/mol. The number of carbonyl (C=O) groups is 2. The number of rotatable bonds is 5. The van der Waals surface area contributed by atoms with E-state index < -0.39 is 43.2 Å². The third kappa shape index (κ3) is 4.46. The Bertz CT molecular complexity index is 311. The van der Waals surface area contributed by atoms with Crippen LogP contribution >= 0.6 is 0 Å². The maximum absolute atomic E-state index is 12.3. The Labute approximate surface area is 99.0 Å². The molecule has 0 saturated heterocycles. The highest BCUT2D eigenvalue weighted by molar-refractivity contribution is 5.78. The van der Waals surface area contributed by atoms with Gasteiger partial charge in [-0.2, -0.15) is 22.0 Å². The predicted molar refractivity (Wildman–Crippen MR) is 47.8 cm³/mol. The van der Waals surface area contributed by atoms with Gasteiger partial charge in [0.2, 0.25) is 0 Å². The third-order valence-electron chi connectivity index (χ3n) is 1.64. The molecule has 9 heteroatoms. The maximum Gasteiger partial charge on any atom is 0.465 e. The van der Waals surface area contributed by atoms with Crippen LogP contribution < -0.4 is 0 Å². The Morgan fingerprint density at radius 3 is 1.83 bits per heavy atom. The average Bonchev–Trinajstić information content (AvgIpc) is 2.21. The maximum atomic E-state index is 12.3. The molecule has 0 aromatic rings. The first-order valence-corrected chi connectivity index (χ1v) is 4.78. The van der Waals surface area contributed by atoms with Crippen LogP contribution in [0.1, 0.15) is 13.8 Å². The van der Waals surface area contributed by atoms with Crippen molar-refractivity contribution in [1.29, 1.82) is 0 Å². The third-order valence-corrected chi connectivity index (χ3v) is 1.64. The summed E-state index contributed by atoms with van der Waals surface area (Å²) in [6.07, 6.45) is -6.02. The van der Waals surface area contributed by atoms with Crippen molar-refractivity contribution in [3.05, 3.63) is 0 Å². The molecule has 0 N–H and O–H groups in total. The van der Waals surface area contributed by atoms with Crippen molar-refractivity contribution in [3.8, 4) is 0 Å². The second kappa shape index (κ2) is 5.96. The zero-order valence-corrected chi connectivity index (χ0v) is 9.51. The van der Waals surface area contributed by atoms with Gasteiger partial charge in [-0.15, -0.1) is 0 Å². The van der Waals surface area contributed by atoms with E-state index in [0.717, 1.165) is 0 Å². The molecule has 0 aliphatic carbocycles. The van der Waals surface area contributed by atoms with Crippen LogP contribution in [-0.2, 0) is 19.1 Å². The predicted octanol–water partition coefficient (Wildman–Crippen LogP) is 1.93.